The number of carbonyl (C=O) groups is 4. The van der Waals surface area contributed by atoms with Gasteiger partial charge in [-0.3, -0.25) is 37.3 Å². The molecule has 0 fully saturated rings. The number of carbonyl (C=O) groups excluding carboxylic acids is 4. The maximum Gasteiger partial charge on any atom is 0.472 e. The molecule has 0 spiro atoms. The van der Waals surface area contributed by atoms with Gasteiger partial charge in [0.1, 0.15) is 19.3 Å². The van der Waals surface area contributed by atoms with Crippen LogP contribution >= 0.6 is 15.6 Å². The molecule has 0 aliphatic rings. The molecule has 3 unspecified atom stereocenters. The molecule has 0 heterocycles. The largest absolute Gasteiger partial charge is 0.472 e. The lowest BCUT2D eigenvalue weighted by atomic mass is 9.99. The van der Waals surface area contributed by atoms with Gasteiger partial charge in [0.2, 0.25) is 0 Å². The minimum absolute atomic E-state index is 0.105. The second-order valence-electron chi connectivity index (χ2n) is 28.5. The second kappa shape index (κ2) is 68.8. The number of hydrogen-bond acceptors (Lipinski definition) is 15. The fraction of sp³-hybridized carbons (Fsp3) is 0.948. The van der Waals surface area contributed by atoms with Crippen LogP contribution in [0.3, 0.4) is 0 Å². The van der Waals surface area contributed by atoms with Crippen LogP contribution in [0.5, 0.6) is 0 Å². The van der Waals surface area contributed by atoms with Crippen LogP contribution in [0.15, 0.2) is 0 Å². The van der Waals surface area contributed by atoms with E-state index >= 15 is 0 Å². The Labute approximate surface area is 588 Å². The van der Waals surface area contributed by atoms with Crippen molar-refractivity contribution in [2.45, 2.75) is 419 Å². The lowest BCUT2D eigenvalue weighted by Gasteiger charge is -2.21. The molecule has 0 aromatic carbocycles. The molecule has 0 aliphatic carbocycles. The van der Waals surface area contributed by atoms with Gasteiger partial charge in [-0.15, -0.1) is 0 Å². The van der Waals surface area contributed by atoms with Gasteiger partial charge in [0, 0.05) is 25.7 Å². The van der Waals surface area contributed by atoms with Gasteiger partial charge in [-0.05, 0) is 37.5 Å². The number of ether oxygens (including phenoxy) is 4. The van der Waals surface area contributed by atoms with Crippen molar-refractivity contribution in [3.05, 3.63) is 0 Å². The number of aliphatic hydroxyl groups is 1. The third-order valence-electron chi connectivity index (χ3n) is 18.3. The van der Waals surface area contributed by atoms with E-state index in [1.165, 1.54) is 218 Å². The van der Waals surface area contributed by atoms with Gasteiger partial charge < -0.3 is 33.8 Å². The summed E-state index contributed by atoms with van der Waals surface area (Å²) in [5, 5.41) is 10.6. The first-order valence-electron chi connectivity index (χ1n) is 40.0. The minimum Gasteiger partial charge on any atom is -0.462 e. The Balaban J connectivity index is 5.20. The summed E-state index contributed by atoms with van der Waals surface area (Å²) < 4.78 is 68.5. The molecular weight excluding hydrogens is 1260 g/mol. The van der Waals surface area contributed by atoms with Crippen LogP contribution < -0.4 is 0 Å². The lowest BCUT2D eigenvalue weighted by molar-refractivity contribution is -0.161. The molecule has 0 aromatic heterocycles. The van der Waals surface area contributed by atoms with Crippen LogP contribution in [0.1, 0.15) is 401 Å². The predicted molar refractivity (Wildman–Crippen MR) is 391 cm³/mol. The summed E-state index contributed by atoms with van der Waals surface area (Å²) >= 11 is 0. The van der Waals surface area contributed by atoms with E-state index in [4.69, 9.17) is 37.0 Å². The summed E-state index contributed by atoms with van der Waals surface area (Å²) in [5.74, 6) is -0.525. The number of unbranched alkanes of at least 4 members (excludes halogenated alkanes) is 45. The first-order chi connectivity index (χ1) is 46.4. The van der Waals surface area contributed by atoms with Crippen LogP contribution in [-0.4, -0.2) is 96.7 Å². The maximum atomic E-state index is 13.1. The van der Waals surface area contributed by atoms with Crippen LogP contribution in [0.4, 0.5) is 0 Å². The Kier molecular flexibility index (Phi) is 67.4. The molecule has 0 aliphatic heterocycles. The fourth-order valence-electron chi connectivity index (χ4n) is 11.8. The zero-order valence-corrected chi connectivity index (χ0v) is 64.5. The number of phosphoric acid groups is 2. The van der Waals surface area contributed by atoms with Crippen LogP contribution in [0.25, 0.3) is 0 Å². The number of aliphatic hydroxyl groups excluding tert-OH is 1. The second-order valence-corrected chi connectivity index (χ2v) is 31.4. The van der Waals surface area contributed by atoms with Crippen LogP contribution in [0, 0.1) is 11.8 Å². The average molecular weight is 1410 g/mol. The molecule has 0 amide bonds. The van der Waals surface area contributed by atoms with Crippen molar-refractivity contribution in [2.75, 3.05) is 39.6 Å². The Bertz CT molecular complexity index is 1860. The molecule has 0 rings (SSSR count). The highest BCUT2D eigenvalue weighted by Gasteiger charge is 2.30. The maximum absolute atomic E-state index is 13.1. The van der Waals surface area contributed by atoms with Crippen molar-refractivity contribution >= 4 is 39.5 Å². The van der Waals surface area contributed by atoms with E-state index in [-0.39, 0.29) is 25.7 Å². The SMILES string of the molecule is CCCCCCCCCCCCCCCC(=O)OC[C@H](COP(=O)(O)OC[C@@H](O)COP(=O)(O)OC[C@@H](COC(=O)CCCCCCCCCCCC)OC(=O)CCCCCCCCCCC(C)CC)OC(=O)CCCCCCCCCCCCCCCCCCCCC(C)C. The number of phosphoric ester groups is 2. The Hall–Kier alpha value is -1.94. The van der Waals surface area contributed by atoms with Gasteiger partial charge in [0.05, 0.1) is 26.4 Å². The lowest BCUT2D eigenvalue weighted by Crippen LogP contribution is -2.30. The summed E-state index contributed by atoms with van der Waals surface area (Å²) in [5.41, 5.74) is 0. The van der Waals surface area contributed by atoms with E-state index < -0.39 is 97.5 Å². The molecule has 6 atom stereocenters. The van der Waals surface area contributed by atoms with Crippen LogP contribution in [-0.2, 0) is 65.4 Å². The molecule has 0 saturated heterocycles. The molecule has 0 saturated carbocycles. The highest BCUT2D eigenvalue weighted by molar-refractivity contribution is 7.47. The Morgan fingerprint density at radius 1 is 0.302 bits per heavy atom. The fourth-order valence-corrected chi connectivity index (χ4v) is 13.4. The highest BCUT2D eigenvalue weighted by atomic mass is 31.2. The van der Waals surface area contributed by atoms with Crippen molar-refractivity contribution in [3.8, 4) is 0 Å². The van der Waals surface area contributed by atoms with Crippen molar-refractivity contribution in [3.63, 3.8) is 0 Å². The van der Waals surface area contributed by atoms with Crippen molar-refractivity contribution < 1.29 is 80.2 Å². The zero-order chi connectivity index (χ0) is 70.7. The molecule has 570 valence electrons. The highest BCUT2D eigenvalue weighted by Crippen LogP contribution is 2.45. The van der Waals surface area contributed by atoms with Gasteiger partial charge in [0.15, 0.2) is 12.2 Å². The third kappa shape index (κ3) is 69.2. The van der Waals surface area contributed by atoms with Gasteiger partial charge in [-0.1, -0.05) is 350 Å². The normalized spacial score (nSPS) is 14.3. The average Bonchev–Trinajstić information content (AvgIpc) is 1.32. The third-order valence-corrected chi connectivity index (χ3v) is 20.2. The Morgan fingerprint density at radius 3 is 0.792 bits per heavy atom. The van der Waals surface area contributed by atoms with E-state index in [2.05, 4.69) is 41.5 Å². The van der Waals surface area contributed by atoms with Gasteiger partial charge >= 0.3 is 39.5 Å². The predicted octanol–water partition coefficient (Wildman–Crippen LogP) is 22.7. The van der Waals surface area contributed by atoms with Crippen molar-refractivity contribution in [1.29, 1.82) is 0 Å². The zero-order valence-electron chi connectivity index (χ0n) is 62.7. The molecule has 3 N–H and O–H groups in total. The van der Waals surface area contributed by atoms with Crippen molar-refractivity contribution in [2.24, 2.45) is 11.8 Å². The monoisotopic (exact) mass is 1410 g/mol. The number of esters is 4. The summed E-state index contributed by atoms with van der Waals surface area (Å²) in [4.78, 5) is 72.8. The molecule has 96 heavy (non-hydrogen) atoms. The quantitative estimate of drug-likeness (QED) is 0.0222. The molecule has 0 bridgehead atoms. The minimum atomic E-state index is -4.96. The van der Waals surface area contributed by atoms with Gasteiger partial charge in [-0.25, -0.2) is 9.13 Å². The first kappa shape index (κ1) is 94.1. The number of rotatable bonds is 76. The van der Waals surface area contributed by atoms with Gasteiger partial charge in [-0.2, -0.15) is 0 Å². The molecule has 0 radical (unpaired) electrons. The smallest absolute Gasteiger partial charge is 0.462 e. The van der Waals surface area contributed by atoms with Gasteiger partial charge in [0.25, 0.3) is 0 Å². The van der Waals surface area contributed by atoms with Crippen molar-refractivity contribution in [1.82, 2.24) is 0 Å². The molecular formula is C77H150O17P2. The summed E-state index contributed by atoms with van der Waals surface area (Å²) in [6, 6.07) is 0. The van der Waals surface area contributed by atoms with E-state index in [0.717, 1.165) is 102 Å². The first-order valence-corrected chi connectivity index (χ1v) is 43.0. The number of hydrogen-bond donors (Lipinski definition) is 3. The van der Waals surface area contributed by atoms with E-state index in [9.17, 15) is 43.2 Å². The standard InChI is InChI=1S/C77H150O17P2/c1-7-10-12-14-16-18-20-27-31-35-42-48-54-60-75(80)88-65-72(93-76(81)61-55-49-43-36-32-29-26-24-22-21-23-25-28-30-33-39-45-51-57-69(4)5)67-91-95(83,84)89-63-71(78)64-90-96(85,86)92-68-73(66-87-74(79)59-53-47-41-34-19-17-15-13-11-8-2)94-77(82)62-56-50-44-38-37-40-46-52-58-70(6)9-3/h69-73,78H,7-68H2,1-6H3,(H,83,84)(H,85,86)/t70?,71-,72-,73-/m1/s1. The topological polar surface area (TPSA) is 237 Å². The van der Waals surface area contributed by atoms with E-state index in [1.807, 2.05) is 0 Å². The van der Waals surface area contributed by atoms with Crippen LogP contribution in [0.2, 0.25) is 0 Å². The summed E-state index contributed by atoms with van der Waals surface area (Å²) in [6.07, 6.45) is 56.8. The molecule has 19 heteroatoms. The van der Waals surface area contributed by atoms with E-state index in [0.29, 0.717) is 25.7 Å². The Morgan fingerprint density at radius 2 is 0.531 bits per heavy atom. The molecule has 17 nitrogen and oxygen atoms in total. The summed E-state index contributed by atoms with van der Waals surface area (Å²) in [6.45, 7) is 9.63. The molecule has 0 aromatic rings. The summed E-state index contributed by atoms with van der Waals surface area (Å²) in [7, 11) is -9.91. The van der Waals surface area contributed by atoms with E-state index in [1.54, 1.807) is 0 Å².